The summed E-state index contributed by atoms with van der Waals surface area (Å²) in [7, 11) is -3.46. The van der Waals surface area contributed by atoms with E-state index < -0.39 is 10.0 Å². The summed E-state index contributed by atoms with van der Waals surface area (Å²) < 4.78 is 25.5. The van der Waals surface area contributed by atoms with Gasteiger partial charge in [0.1, 0.15) is 0 Å². The van der Waals surface area contributed by atoms with Gasteiger partial charge < -0.3 is 10.6 Å². The fourth-order valence-electron chi connectivity index (χ4n) is 2.86. The SMILES string of the molecule is CC(C)CNC(=O)c1ccccc1NC(=O)CCCN(c1ccccc1)S(C)(=O)=O. The molecule has 0 saturated heterocycles. The van der Waals surface area contributed by atoms with Gasteiger partial charge in [-0.25, -0.2) is 8.42 Å². The minimum atomic E-state index is -3.46. The first kappa shape index (κ1) is 23.4. The third-order valence-corrected chi connectivity index (χ3v) is 5.52. The molecule has 7 nitrogen and oxygen atoms in total. The van der Waals surface area contributed by atoms with E-state index in [0.29, 0.717) is 35.8 Å². The lowest BCUT2D eigenvalue weighted by molar-refractivity contribution is -0.116. The maximum atomic E-state index is 12.4. The smallest absolute Gasteiger partial charge is 0.253 e. The van der Waals surface area contributed by atoms with Gasteiger partial charge in [-0.2, -0.15) is 0 Å². The van der Waals surface area contributed by atoms with E-state index in [4.69, 9.17) is 0 Å². The van der Waals surface area contributed by atoms with Crippen molar-refractivity contribution in [1.82, 2.24) is 5.32 Å². The van der Waals surface area contributed by atoms with Gasteiger partial charge in [-0.1, -0.05) is 44.2 Å². The molecule has 0 unspecified atom stereocenters. The third kappa shape index (κ3) is 7.18. The molecule has 0 aliphatic carbocycles. The van der Waals surface area contributed by atoms with E-state index in [1.54, 1.807) is 48.5 Å². The first-order chi connectivity index (χ1) is 14.2. The summed E-state index contributed by atoms with van der Waals surface area (Å²) in [5.41, 5.74) is 1.40. The normalized spacial score (nSPS) is 11.2. The molecule has 2 aromatic carbocycles. The van der Waals surface area contributed by atoms with Crippen molar-refractivity contribution < 1.29 is 18.0 Å². The van der Waals surface area contributed by atoms with E-state index in [9.17, 15) is 18.0 Å². The van der Waals surface area contributed by atoms with E-state index in [-0.39, 0.29) is 24.8 Å². The van der Waals surface area contributed by atoms with Gasteiger partial charge >= 0.3 is 0 Å². The first-order valence-corrected chi connectivity index (χ1v) is 11.7. The topological polar surface area (TPSA) is 95.6 Å². The standard InChI is InChI=1S/C22H29N3O4S/c1-17(2)16-23-22(27)19-12-7-8-13-20(19)24-21(26)14-9-15-25(30(3,28)29)18-10-5-4-6-11-18/h4-8,10-13,17H,9,14-16H2,1-3H3,(H,23,27)(H,24,26). The largest absolute Gasteiger partial charge is 0.352 e. The van der Waals surface area contributed by atoms with Crippen LogP contribution >= 0.6 is 0 Å². The predicted molar refractivity (Wildman–Crippen MR) is 120 cm³/mol. The van der Waals surface area contributed by atoms with Crippen LogP contribution in [0.25, 0.3) is 0 Å². The number of anilines is 2. The van der Waals surface area contributed by atoms with Gasteiger partial charge in [0, 0.05) is 19.5 Å². The number of rotatable bonds is 10. The lowest BCUT2D eigenvalue weighted by atomic mass is 10.1. The zero-order chi connectivity index (χ0) is 22.1. The van der Waals surface area contributed by atoms with Crippen molar-refractivity contribution in [1.29, 1.82) is 0 Å². The molecule has 0 bridgehead atoms. The highest BCUT2D eigenvalue weighted by Crippen LogP contribution is 2.18. The molecule has 2 N–H and O–H groups in total. The molecule has 30 heavy (non-hydrogen) atoms. The van der Waals surface area contributed by atoms with Crippen LogP contribution < -0.4 is 14.9 Å². The fraction of sp³-hybridized carbons (Fsp3) is 0.364. The molecular weight excluding hydrogens is 402 g/mol. The van der Waals surface area contributed by atoms with Crippen LogP contribution in [0.2, 0.25) is 0 Å². The number of hydrogen-bond donors (Lipinski definition) is 2. The molecule has 2 aromatic rings. The molecule has 0 atom stereocenters. The zero-order valence-electron chi connectivity index (χ0n) is 17.6. The molecule has 162 valence electrons. The van der Waals surface area contributed by atoms with Gasteiger partial charge in [0.15, 0.2) is 0 Å². The highest BCUT2D eigenvalue weighted by molar-refractivity contribution is 7.92. The van der Waals surface area contributed by atoms with Crippen LogP contribution in [-0.2, 0) is 14.8 Å². The molecule has 8 heteroatoms. The molecule has 0 fully saturated rings. The van der Waals surface area contributed by atoms with Crippen LogP contribution in [0.4, 0.5) is 11.4 Å². The minimum absolute atomic E-state index is 0.126. The summed E-state index contributed by atoms with van der Waals surface area (Å²) in [5, 5.41) is 5.60. The zero-order valence-corrected chi connectivity index (χ0v) is 18.4. The third-order valence-electron chi connectivity index (χ3n) is 4.33. The molecule has 0 aliphatic heterocycles. The number of hydrogen-bond acceptors (Lipinski definition) is 4. The Bertz CT molecular complexity index is 959. The first-order valence-electron chi connectivity index (χ1n) is 9.88. The molecular formula is C22H29N3O4S. The number of para-hydroxylation sites is 2. The number of carbonyl (C=O) groups is 2. The van der Waals surface area contributed by atoms with Crippen molar-refractivity contribution in [2.75, 3.05) is 29.0 Å². The van der Waals surface area contributed by atoms with Crippen molar-refractivity contribution in [3.05, 3.63) is 60.2 Å². The second-order valence-electron chi connectivity index (χ2n) is 7.47. The molecule has 2 rings (SSSR count). The van der Waals surface area contributed by atoms with Crippen LogP contribution in [0.1, 0.15) is 37.0 Å². The molecule has 0 aliphatic rings. The van der Waals surface area contributed by atoms with Gasteiger partial charge in [-0.3, -0.25) is 13.9 Å². The van der Waals surface area contributed by atoms with Crippen molar-refractivity contribution in [2.45, 2.75) is 26.7 Å². The molecule has 0 spiro atoms. The fourth-order valence-corrected chi connectivity index (χ4v) is 3.82. The lowest BCUT2D eigenvalue weighted by Gasteiger charge is -2.22. The Labute approximate surface area is 178 Å². The second-order valence-corrected chi connectivity index (χ2v) is 9.38. The number of sulfonamides is 1. The number of nitrogens with one attached hydrogen (secondary N) is 2. The van der Waals surface area contributed by atoms with Gasteiger partial charge in [-0.15, -0.1) is 0 Å². The summed E-state index contributed by atoms with van der Waals surface area (Å²) >= 11 is 0. The van der Waals surface area contributed by atoms with Crippen LogP contribution in [0.5, 0.6) is 0 Å². The molecule has 0 radical (unpaired) electrons. The Morgan fingerprint density at radius 1 is 1.00 bits per heavy atom. The highest BCUT2D eigenvalue weighted by Gasteiger charge is 2.18. The van der Waals surface area contributed by atoms with E-state index >= 15 is 0 Å². The molecule has 0 heterocycles. The number of carbonyl (C=O) groups excluding carboxylic acids is 2. The number of benzene rings is 2. The average molecular weight is 432 g/mol. The summed E-state index contributed by atoms with van der Waals surface area (Å²) in [6.45, 7) is 4.74. The Hall–Kier alpha value is -2.87. The number of nitrogens with zero attached hydrogens (tertiary/aromatic N) is 1. The maximum Gasteiger partial charge on any atom is 0.253 e. The number of amides is 2. The van der Waals surface area contributed by atoms with Crippen LogP contribution in [-0.4, -0.2) is 39.6 Å². The molecule has 2 amide bonds. The van der Waals surface area contributed by atoms with E-state index in [2.05, 4.69) is 10.6 Å². The second kappa shape index (κ2) is 10.8. The van der Waals surface area contributed by atoms with Crippen LogP contribution in [0.15, 0.2) is 54.6 Å². The Balaban J connectivity index is 1.97. The van der Waals surface area contributed by atoms with Crippen molar-refractivity contribution in [3.8, 4) is 0 Å². The Morgan fingerprint density at radius 2 is 1.63 bits per heavy atom. The summed E-state index contributed by atoms with van der Waals surface area (Å²) in [6, 6.07) is 15.6. The highest BCUT2D eigenvalue weighted by atomic mass is 32.2. The van der Waals surface area contributed by atoms with Gasteiger partial charge in [0.25, 0.3) is 5.91 Å². The van der Waals surface area contributed by atoms with Crippen molar-refractivity contribution in [3.63, 3.8) is 0 Å². The van der Waals surface area contributed by atoms with Gasteiger partial charge in [0.2, 0.25) is 15.9 Å². The minimum Gasteiger partial charge on any atom is -0.352 e. The Kier molecular flexibility index (Phi) is 8.41. The van der Waals surface area contributed by atoms with E-state index in [1.807, 2.05) is 19.9 Å². The summed E-state index contributed by atoms with van der Waals surface area (Å²) in [4.78, 5) is 24.8. The summed E-state index contributed by atoms with van der Waals surface area (Å²) in [5.74, 6) is -0.203. The average Bonchev–Trinajstić information content (AvgIpc) is 2.69. The van der Waals surface area contributed by atoms with E-state index in [1.165, 1.54) is 4.31 Å². The van der Waals surface area contributed by atoms with Gasteiger partial charge in [0.05, 0.1) is 23.2 Å². The van der Waals surface area contributed by atoms with E-state index in [0.717, 1.165) is 6.26 Å². The van der Waals surface area contributed by atoms with Crippen molar-refractivity contribution >= 4 is 33.2 Å². The molecule has 0 saturated carbocycles. The van der Waals surface area contributed by atoms with Gasteiger partial charge in [-0.05, 0) is 36.6 Å². The Morgan fingerprint density at radius 3 is 2.27 bits per heavy atom. The van der Waals surface area contributed by atoms with Crippen LogP contribution in [0, 0.1) is 5.92 Å². The maximum absolute atomic E-state index is 12.4. The summed E-state index contributed by atoms with van der Waals surface area (Å²) in [6.07, 6.45) is 1.61. The molecule has 0 aromatic heterocycles. The van der Waals surface area contributed by atoms with Crippen molar-refractivity contribution in [2.24, 2.45) is 5.92 Å². The quantitative estimate of drug-likeness (QED) is 0.604. The lowest BCUT2D eigenvalue weighted by Crippen LogP contribution is -2.31. The monoisotopic (exact) mass is 431 g/mol. The van der Waals surface area contributed by atoms with Crippen LogP contribution in [0.3, 0.4) is 0 Å². The predicted octanol–water partition coefficient (Wildman–Crippen LogP) is 3.26.